The van der Waals surface area contributed by atoms with E-state index >= 15 is 0 Å². The standard InChI is InChI=1S/C27H35FN4O3S/c1-18-23(15-20-6-5-7-22(28)14-20)25(30-19(2)29-18)31-10-12-32(13-11-31)36(34,35)17-27-9-8-21(16-24(27)33)26(27,3)4/h5-7,14,21H,8-13,15-17H2,1-4H3. The molecule has 3 fully saturated rings. The number of sulfonamides is 1. The lowest BCUT2D eigenvalue weighted by Crippen LogP contribution is -2.53. The number of Topliss-reactive ketones (excluding diaryl/α,β-unsaturated/α-hetero) is 1. The summed E-state index contributed by atoms with van der Waals surface area (Å²) in [5, 5.41) is 0. The van der Waals surface area contributed by atoms with Gasteiger partial charge in [-0.3, -0.25) is 4.79 Å². The Hall–Kier alpha value is -2.39. The second-order valence-electron chi connectivity index (χ2n) is 11.3. The Bertz CT molecular complexity index is 1300. The zero-order chi connectivity index (χ0) is 25.9. The van der Waals surface area contributed by atoms with Crippen molar-refractivity contribution in [3.8, 4) is 0 Å². The summed E-state index contributed by atoms with van der Waals surface area (Å²) in [6, 6.07) is 6.52. The molecular weight excluding hydrogens is 479 g/mol. The van der Waals surface area contributed by atoms with Gasteiger partial charge in [0.2, 0.25) is 10.0 Å². The summed E-state index contributed by atoms with van der Waals surface area (Å²) >= 11 is 0. The Morgan fingerprint density at radius 1 is 1.11 bits per heavy atom. The summed E-state index contributed by atoms with van der Waals surface area (Å²) in [6.45, 7) is 9.61. The molecule has 1 aromatic carbocycles. The van der Waals surface area contributed by atoms with E-state index in [1.807, 2.05) is 19.9 Å². The number of benzene rings is 1. The average molecular weight is 515 g/mol. The Balaban J connectivity index is 1.34. The van der Waals surface area contributed by atoms with Crippen LogP contribution < -0.4 is 4.90 Å². The van der Waals surface area contributed by atoms with E-state index in [1.165, 1.54) is 12.1 Å². The number of hydrogen-bond donors (Lipinski definition) is 0. The van der Waals surface area contributed by atoms with Crippen molar-refractivity contribution in [3.63, 3.8) is 0 Å². The van der Waals surface area contributed by atoms with E-state index in [1.54, 1.807) is 10.4 Å². The van der Waals surface area contributed by atoms with Crippen molar-refractivity contribution in [2.45, 2.75) is 53.4 Å². The lowest BCUT2D eigenvalue weighted by atomic mass is 9.70. The summed E-state index contributed by atoms with van der Waals surface area (Å²) in [5.41, 5.74) is 1.57. The van der Waals surface area contributed by atoms with Gasteiger partial charge in [0.15, 0.2) is 0 Å². The van der Waals surface area contributed by atoms with Crippen molar-refractivity contribution in [2.75, 3.05) is 36.8 Å². The van der Waals surface area contributed by atoms with Crippen molar-refractivity contribution in [2.24, 2.45) is 16.7 Å². The molecule has 0 N–H and O–H groups in total. The fourth-order valence-corrected chi connectivity index (χ4v) is 8.93. The SMILES string of the molecule is Cc1nc(C)c(Cc2cccc(F)c2)c(N2CCN(S(=O)(=O)CC34CCC(CC3=O)C4(C)C)CC2)n1. The lowest BCUT2D eigenvalue weighted by Gasteiger charge is -2.40. The third kappa shape index (κ3) is 4.14. The Kier molecular flexibility index (Phi) is 6.23. The number of anilines is 1. The van der Waals surface area contributed by atoms with Crippen LogP contribution in [0.1, 0.15) is 55.8 Å². The summed E-state index contributed by atoms with van der Waals surface area (Å²) in [5.74, 6) is 1.48. The Morgan fingerprint density at radius 2 is 1.83 bits per heavy atom. The van der Waals surface area contributed by atoms with E-state index in [-0.39, 0.29) is 28.7 Å². The van der Waals surface area contributed by atoms with Gasteiger partial charge in [0, 0.05) is 55.7 Å². The molecule has 0 radical (unpaired) electrons. The van der Waals surface area contributed by atoms with E-state index in [4.69, 9.17) is 4.98 Å². The third-order valence-corrected chi connectivity index (χ3v) is 11.1. The largest absolute Gasteiger partial charge is 0.354 e. The predicted octanol–water partition coefficient (Wildman–Crippen LogP) is 3.67. The second kappa shape index (κ2) is 8.87. The lowest BCUT2D eigenvalue weighted by molar-refractivity contribution is -0.128. The van der Waals surface area contributed by atoms with Crippen molar-refractivity contribution in [1.82, 2.24) is 14.3 Å². The molecule has 1 saturated heterocycles. The molecule has 3 aliphatic rings. The highest BCUT2D eigenvalue weighted by atomic mass is 32.2. The first-order valence-corrected chi connectivity index (χ1v) is 14.4. The van der Waals surface area contributed by atoms with Gasteiger partial charge in [0.25, 0.3) is 0 Å². The van der Waals surface area contributed by atoms with Crippen molar-refractivity contribution in [1.29, 1.82) is 0 Å². The van der Waals surface area contributed by atoms with Gasteiger partial charge in [-0.1, -0.05) is 26.0 Å². The summed E-state index contributed by atoms with van der Waals surface area (Å²) in [6.07, 6.45) is 2.61. The smallest absolute Gasteiger partial charge is 0.215 e. The third-order valence-electron chi connectivity index (χ3n) is 9.07. The number of ketones is 1. The molecule has 2 bridgehead atoms. The van der Waals surface area contributed by atoms with Crippen LogP contribution in [0.15, 0.2) is 24.3 Å². The molecule has 194 valence electrons. The number of carbonyl (C=O) groups excluding carboxylic acids is 1. The maximum atomic E-state index is 13.8. The molecule has 5 rings (SSSR count). The van der Waals surface area contributed by atoms with E-state index in [9.17, 15) is 17.6 Å². The molecule has 0 spiro atoms. The van der Waals surface area contributed by atoms with Gasteiger partial charge in [0.1, 0.15) is 23.2 Å². The maximum absolute atomic E-state index is 13.8. The number of fused-ring (bicyclic) bond motifs is 2. The predicted molar refractivity (Wildman–Crippen MR) is 137 cm³/mol. The van der Waals surface area contributed by atoms with Gasteiger partial charge in [-0.2, -0.15) is 4.31 Å². The molecule has 2 heterocycles. The number of hydrogen-bond acceptors (Lipinski definition) is 6. The Labute approximate surface area is 213 Å². The fourth-order valence-electron chi connectivity index (χ4n) is 6.73. The summed E-state index contributed by atoms with van der Waals surface area (Å²) in [7, 11) is -3.59. The monoisotopic (exact) mass is 514 g/mol. The van der Waals surface area contributed by atoms with E-state index in [0.717, 1.165) is 29.1 Å². The number of rotatable bonds is 6. The van der Waals surface area contributed by atoms with E-state index < -0.39 is 15.4 Å². The molecule has 1 aromatic heterocycles. The number of aryl methyl sites for hydroxylation is 2. The van der Waals surface area contributed by atoms with Crippen LogP contribution in [0.4, 0.5) is 10.2 Å². The molecule has 2 atom stereocenters. The summed E-state index contributed by atoms with van der Waals surface area (Å²) in [4.78, 5) is 24.3. The quantitative estimate of drug-likeness (QED) is 0.585. The van der Waals surface area contributed by atoms with Crippen molar-refractivity contribution < 1.29 is 17.6 Å². The number of nitrogens with zero attached hydrogens (tertiary/aromatic N) is 4. The first-order valence-electron chi connectivity index (χ1n) is 12.8. The van der Waals surface area contributed by atoms with Gasteiger partial charge >= 0.3 is 0 Å². The molecule has 2 aromatic rings. The number of aromatic nitrogens is 2. The van der Waals surface area contributed by atoms with Crippen LogP contribution >= 0.6 is 0 Å². The van der Waals surface area contributed by atoms with Crippen LogP contribution in [0, 0.1) is 36.4 Å². The zero-order valence-electron chi connectivity index (χ0n) is 21.6. The van der Waals surface area contributed by atoms with Crippen LogP contribution in [0.25, 0.3) is 0 Å². The van der Waals surface area contributed by atoms with Crippen LogP contribution in [-0.4, -0.2) is 60.4 Å². The van der Waals surface area contributed by atoms with Gasteiger partial charge in [-0.05, 0) is 55.7 Å². The zero-order valence-corrected chi connectivity index (χ0v) is 22.4. The van der Waals surface area contributed by atoms with E-state index in [0.29, 0.717) is 51.3 Å². The van der Waals surface area contributed by atoms with Crippen LogP contribution in [-0.2, 0) is 21.2 Å². The molecule has 2 aliphatic carbocycles. The summed E-state index contributed by atoms with van der Waals surface area (Å²) < 4.78 is 42.4. The molecule has 9 heteroatoms. The van der Waals surface area contributed by atoms with Crippen LogP contribution in [0.3, 0.4) is 0 Å². The molecule has 2 saturated carbocycles. The topological polar surface area (TPSA) is 83.5 Å². The fraction of sp³-hybridized carbons (Fsp3) is 0.593. The first kappa shape index (κ1) is 25.3. The number of carbonyl (C=O) groups is 1. The molecule has 2 unspecified atom stereocenters. The van der Waals surface area contributed by atoms with Gasteiger partial charge < -0.3 is 4.90 Å². The molecular formula is C27H35FN4O3S. The molecule has 7 nitrogen and oxygen atoms in total. The van der Waals surface area contributed by atoms with Gasteiger partial charge in [-0.25, -0.2) is 22.8 Å². The normalized spacial score (nSPS) is 26.1. The molecule has 36 heavy (non-hydrogen) atoms. The minimum absolute atomic E-state index is 0.0844. The first-order chi connectivity index (χ1) is 16.9. The minimum atomic E-state index is -3.59. The highest BCUT2D eigenvalue weighted by molar-refractivity contribution is 7.89. The van der Waals surface area contributed by atoms with E-state index in [2.05, 4.69) is 23.7 Å². The van der Waals surface area contributed by atoms with Crippen molar-refractivity contribution in [3.05, 3.63) is 52.7 Å². The van der Waals surface area contributed by atoms with Crippen LogP contribution in [0.2, 0.25) is 0 Å². The van der Waals surface area contributed by atoms with Gasteiger partial charge in [-0.15, -0.1) is 0 Å². The average Bonchev–Trinajstić information content (AvgIpc) is 3.15. The maximum Gasteiger partial charge on any atom is 0.215 e. The Morgan fingerprint density at radius 3 is 2.44 bits per heavy atom. The van der Waals surface area contributed by atoms with Crippen molar-refractivity contribution >= 4 is 21.6 Å². The number of piperazine rings is 1. The van der Waals surface area contributed by atoms with Crippen LogP contribution in [0.5, 0.6) is 0 Å². The molecule has 1 aliphatic heterocycles. The highest BCUT2D eigenvalue weighted by Crippen LogP contribution is 2.64. The molecule has 0 amide bonds. The number of halogens is 1. The minimum Gasteiger partial charge on any atom is -0.354 e. The highest BCUT2D eigenvalue weighted by Gasteiger charge is 2.65. The second-order valence-corrected chi connectivity index (χ2v) is 13.2. The van der Waals surface area contributed by atoms with Gasteiger partial charge in [0.05, 0.1) is 5.75 Å².